The van der Waals surface area contributed by atoms with Gasteiger partial charge in [0.15, 0.2) is 22.6 Å². The number of hydrogen-bond donors (Lipinski definition) is 6. The third-order valence-electron chi connectivity index (χ3n) is 25.9. The second kappa shape index (κ2) is 40.5. The number of nitrogen functional groups attached to an aromatic ring is 4. The van der Waals surface area contributed by atoms with Crippen molar-refractivity contribution in [3.05, 3.63) is 357 Å². The lowest BCUT2D eigenvalue weighted by Gasteiger charge is -2.26. The first-order valence-electron chi connectivity index (χ1n) is 46.5. The number of likely N-dealkylation sites (N-methyl/N-ethyl adjacent to an activating group) is 1. The topological polar surface area (TPSA) is 460 Å². The molecule has 36 nitrogen and oxygen atoms in total. The number of aryl methyl sites for hydroxylation is 8. The lowest BCUT2D eigenvalue weighted by Crippen LogP contribution is -2.41. The maximum atomic E-state index is 14.0. The van der Waals surface area contributed by atoms with Crippen LogP contribution in [0.5, 0.6) is 0 Å². The van der Waals surface area contributed by atoms with Crippen LogP contribution in [0.1, 0.15) is 97.0 Å². The Balaban J connectivity index is 0.000000126. The van der Waals surface area contributed by atoms with Crippen LogP contribution < -0.4 is 45.2 Å². The third kappa shape index (κ3) is 18.9. The number of amides is 2. The predicted octanol–water partition coefficient (Wildman–Crippen LogP) is 13.2. The average molecular weight is 1910 g/mol. The number of nitrogens with zero attached hydrogens (tertiary/aromatic N) is 23. The van der Waals surface area contributed by atoms with E-state index in [1.54, 1.807) is 55.0 Å². The van der Waals surface area contributed by atoms with Crippen LogP contribution in [-0.2, 0) is 59.8 Å². The molecule has 1 aliphatic heterocycles. The number of fused-ring (bicyclic) bond motifs is 8. The lowest BCUT2D eigenvalue weighted by atomic mass is 10.1. The van der Waals surface area contributed by atoms with Crippen LogP contribution in [-0.4, -0.2) is 181 Å². The summed E-state index contributed by atoms with van der Waals surface area (Å²) in [6.07, 6.45) is 8.01. The Kier molecular flexibility index (Phi) is 27.2. The molecule has 12 aromatic heterocycles. The van der Waals surface area contributed by atoms with Gasteiger partial charge in [-0.25, -0.2) is 63.7 Å². The van der Waals surface area contributed by atoms with Crippen LogP contribution in [0.4, 0.5) is 23.3 Å². The van der Waals surface area contributed by atoms with E-state index >= 15 is 0 Å². The van der Waals surface area contributed by atoms with E-state index in [2.05, 4.69) is 51.5 Å². The van der Waals surface area contributed by atoms with Crippen molar-refractivity contribution in [3.8, 4) is 22.7 Å². The zero-order valence-electron chi connectivity index (χ0n) is 80.6. The van der Waals surface area contributed by atoms with E-state index in [0.29, 0.717) is 158 Å². The second-order valence-corrected chi connectivity index (χ2v) is 35.5. The van der Waals surface area contributed by atoms with E-state index in [9.17, 15) is 39.2 Å². The molecular weight excluding hydrogens is 1810 g/mol. The minimum absolute atomic E-state index is 0.0406. The minimum Gasteiger partial charge on any atom is -0.383 e. The molecule has 0 unspecified atom stereocenters. The summed E-state index contributed by atoms with van der Waals surface area (Å²) in [5.74, 6) is 0.682. The number of nitrogens with two attached hydrogens (primary N) is 4. The summed E-state index contributed by atoms with van der Waals surface area (Å²) in [4.78, 5) is 116. The number of morpholine rings is 1. The fourth-order valence-corrected chi connectivity index (χ4v) is 18.9. The van der Waals surface area contributed by atoms with Gasteiger partial charge in [0.2, 0.25) is 11.8 Å². The van der Waals surface area contributed by atoms with Crippen molar-refractivity contribution < 1.29 is 24.7 Å². The van der Waals surface area contributed by atoms with Gasteiger partial charge in [-0.1, -0.05) is 152 Å². The Morgan fingerprint density at radius 1 is 0.378 bits per heavy atom. The van der Waals surface area contributed by atoms with Gasteiger partial charge in [-0.2, -0.15) is 25.5 Å². The number of pyridine rings is 4. The van der Waals surface area contributed by atoms with Crippen molar-refractivity contribution in [2.24, 2.45) is 0 Å². The molecule has 0 spiro atoms. The first kappa shape index (κ1) is 95.8. The summed E-state index contributed by atoms with van der Waals surface area (Å²) >= 11 is 0. The number of anilines is 4. The van der Waals surface area contributed by atoms with E-state index in [4.69, 9.17) is 43.0 Å². The number of carbonyl (C=O) groups is 2. The molecule has 2 amide bonds. The molecule has 8 aromatic carbocycles. The smallest absolute Gasteiger partial charge is 0.263 e. The molecule has 20 aromatic rings. The Morgan fingerprint density at radius 3 is 0.979 bits per heavy atom. The Bertz CT molecular complexity index is 8700. The van der Waals surface area contributed by atoms with E-state index in [-0.39, 0.29) is 72.3 Å². The molecule has 21 rings (SSSR count). The summed E-state index contributed by atoms with van der Waals surface area (Å²) in [6, 6.07) is 62.8. The molecule has 1 fully saturated rings. The number of aromatic nitrogens is 20. The molecule has 36 heteroatoms. The van der Waals surface area contributed by atoms with Gasteiger partial charge in [-0.15, -0.1) is 0 Å². The zero-order valence-corrected chi connectivity index (χ0v) is 80.6. The minimum atomic E-state index is -0.471. The van der Waals surface area contributed by atoms with Gasteiger partial charge in [0.25, 0.3) is 22.2 Å². The molecular formula is C107H105N27O9. The molecule has 1 saturated heterocycles. The van der Waals surface area contributed by atoms with Crippen molar-refractivity contribution in [1.29, 1.82) is 0 Å². The average Bonchev–Trinajstić information content (AvgIpc) is 1.53. The summed E-state index contributed by atoms with van der Waals surface area (Å²) < 4.78 is 19.3. The van der Waals surface area contributed by atoms with Gasteiger partial charge in [0.05, 0.1) is 141 Å². The maximum Gasteiger partial charge on any atom is 0.263 e. The van der Waals surface area contributed by atoms with Crippen molar-refractivity contribution in [2.45, 2.75) is 108 Å². The van der Waals surface area contributed by atoms with Gasteiger partial charge < -0.3 is 37.8 Å². The molecule has 0 atom stereocenters. The SMILES string of the molecule is C=Cc1nn(Cc2cc3cccc(C)c3c(=O)n2-c2ccccc2C)c2ncnc(N)c12.CC(=O)N(O)CCc1nn(Cc2cc3cccc(C)c3c(=O)n2-c2ccccc2C)c2ncnc(N)c12.Cc1ccccc1-n1c(Cn2nc(CC(=O)N3CCOCC3)c3c(N)ncnc32)cc2cccc(C)c2c1=O.Cc1ccccc1-n1c(Cn2nc(CCN(C)O)c3c(N)ncnc32)cc2cccc(C)c2c1=O. The van der Waals surface area contributed by atoms with Crippen molar-refractivity contribution >= 4 is 128 Å². The number of para-hydroxylation sites is 4. The highest BCUT2D eigenvalue weighted by atomic mass is 16.5. The quantitative estimate of drug-likeness (QED) is 0.0287. The molecule has 0 bridgehead atoms. The van der Waals surface area contributed by atoms with Crippen LogP contribution in [0, 0.1) is 55.4 Å². The highest BCUT2D eigenvalue weighted by Gasteiger charge is 2.29. The molecule has 143 heavy (non-hydrogen) atoms. The van der Waals surface area contributed by atoms with Crippen LogP contribution in [0.3, 0.4) is 0 Å². The number of benzene rings is 8. The van der Waals surface area contributed by atoms with Crippen molar-refractivity contribution in [2.75, 3.05) is 69.4 Å². The summed E-state index contributed by atoms with van der Waals surface area (Å²) in [5, 5.41) is 48.9. The summed E-state index contributed by atoms with van der Waals surface area (Å²) in [6.45, 7) is 24.5. The summed E-state index contributed by atoms with van der Waals surface area (Å²) in [5.41, 5.74) is 42.9. The second-order valence-electron chi connectivity index (χ2n) is 35.5. The van der Waals surface area contributed by atoms with Gasteiger partial charge in [-0.05, 0) is 176 Å². The van der Waals surface area contributed by atoms with Crippen LogP contribution >= 0.6 is 0 Å². The van der Waals surface area contributed by atoms with Gasteiger partial charge in [0, 0.05) is 69.2 Å². The Hall–Kier alpha value is -17.5. The highest BCUT2D eigenvalue weighted by Crippen LogP contribution is 2.34. The largest absolute Gasteiger partial charge is 0.383 e. The highest BCUT2D eigenvalue weighted by molar-refractivity contribution is 5.96. The van der Waals surface area contributed by atoms with Crippen LogP contribution in [0.25, 0.3) is 116 Å². The predicted molar refractivity (Wildman–Crippen MR) is 554 cm³/mol. The molecule has 10 N–H and O–H groups in total. The normalized spacial score (nSPS) is 12.1. The molecule has 0 aliphatic carbocycles. The number of hydroxylamine groups is 4. The Labute approximate surface area is 818 Å². The fraction of sp³-hybridized carbons (Fsp3) is 0.215. The maximum absolute atomic E-state index is 14.0. The molecule has 1 aliphatic rings. The molecule has 13 heterocycles. The number of carbonyl (C=O) groups excluding carboxylic acids is 2. The lowest BCUT2D eigenvalue weighted by molar-refractivity contribution is -0.162. The van der Waals surface area contributed by atoms with Crippen LogP contribution in [0.2, 0.25) is 0 Å². The number of ether oxygens (including phenoxy) is 1. The van der Waals surface area contributed by atoms with Crippen LogP contribution in [0.15, 0.2) is 245 Å². The molecule has 722 valence electrons. The fourth-order valence-electron chi connectivity index (χ4n) is 18.9. The van der Waals surface area contributed by atoms with Gasteiger partial charge >= 0.3 is 0 Å². The zero-order chi connectivity index (χ0) is 100. The van der Waals surface area contributed by atoms with E-state index in [1.807, 2.05) is 250 Å². The third-order valence-corrected chi connectivity index (χ3v) is 25.9. The van der Waals surface area contributed by atoms with Crippen molar-refractivity contribution in [3.63, 3.8) is 0 Å². The first-order chi connectivity index (χ1) is 69.0. The van der Waals surface area contributed by atoms with Gasteiger partial charge in [0.1, 0.15) is 48.6 Å². The monoisotopic (exact) mass is 1910 g/mol. The van der Waals surface area contributed by atoms with Gasteiger partial charge in [-0.3, -0.25) is 52.2 Å². The van der Waals surface area contributed by atoms with E-state index in [1.165, 1.54) is 32.2 Å². The molecule has 0 saturated carbocycles. The molecule has 0 radical (unpaired) electrons. The van der Waals surface area contributed by atoms with E-state index in [0.717, 1.165) is 117 Å². The number of rotatable bonds is 21. The summed E-state index contributed by atoms with van der Waals surface area (Å²) in [7, 11) is 1.58. The van der Waals surface area contributed by atoms with E-state index < -0.39 is 5.91 Å². The first-order valence-corrected chi connectivity index (χ1v) is 46.5. The van der Waals surface area contributed by atoms with Crippen molar-refractivity contribution in [1.82, 2.24) is 112 Å². The number of hydrogen-bond acceptors (Lipinski definition) is 26. The Morgan fingerprint density at radius 2 is 0.664 bits per heavy atom. The standard InChI is InChI=1S/C29H29N7O3.C27H27N7O3.C26H27N7O2.C25H22N6O/c1-18-6-3-4-9-23(18)36-21(14-20-8-5-7-19(2)25(20)29(36)38)16-35-28-26(27(30)31-17-32-28)22(33-35)15-24(37)34-10-12-39-13-11-34;1-16-7-4-5-10-22(16)34-20(13-19-9-6-8-17(2)23(19)27(34)36)14-32-26-24(25(28)29-15-30-26)21(31-32)11-12-33(37)18(3)35;1-16-7-4-5-10-21(16)33-19(13-18-9-6-8-17(2)22(18)26(33)34)14-32-25-23(24(27)28-15-29-25)20(30-32)11-12-31(3)35;1-4-19-22-23(26)27-14-28-24(22)30(29-19)13-18-12-17-10-7-9-16(3)21(17)25(32)31(18)20-11-6-5-8-15(20)2/h3-9,14,17H,10-13,15-16H2,1-2H3,(H2,30,31,32);4-10,13,15,37H,11-12,14H2,1-3H3,(H2,28,29,30);4-10,13,15,35H,11-12,14H2,1-3H3,(H2,27,28,29);4-12,14H,1,13H2,2-3H3,(H2,26,27,28).